The summed E-state index contributed by atoms with van der Waals surface area (Å²) in [7, 11) is 0. The lowest BCUT2D eigenvalue weighted by molar-refractivity contribution is 0.0692. The molecule has 0 aliphatic heterocycles. The van der Waals surface area contributed by atoms with Gasteiger partial charge in [-0.1, -0.05) is 0 Å². The Hall–Kier alpha value is -1.96. The van der Waals surface area contributed by atoms with Crippen molar-refractivity contribution in [2.75, 3.05) is 0 Å². The fourth-order valence-electron chi connectivity index (χ4n) is 1.66. The minimum Gasteiger partial charge on any atom is -0.478 e. The number of nitrogens with zero attached hydrogens (tertiary/aromatic N) is 4. The largest absolute Gasteiger partial charge is 0.478 e. The molecule has 98 valence electrons. The van der Waals surface area contributed by atoms with E-state index in [0.717, 1.165) is 30.7 Å². The Bertz CT molecular complexity index is 641. The van der Waals surface area contributed by atoms with Crippen molar-refractivity contribution < 1.29 is 14.3 Å². The highest BCUT2D eigenvalue weighted by molar-refractivity contribution is 7.99. The van der Waals surface area contributed by atoms with Gasteiger partial charge in [0.2, 0.25) is 5.16 Å². The quantitative estimate of drug-likeness (QED) is 0.922. The van der Waals surface area contributed by atoms with Crippen molar-refractivity contribution >= 4 is 17.7 Å². The Morgan fingerprint density at radius 2 is 2.26 bits per heavy atom. The lowest BCUT2D eigenvalue weighted by Gasteiger charge is -2.05. The summed E-state index contributed by atoms with van der Waals surface area (Å²) < 4.78 is 14.8. The summed E-state index contributed by atoms with van der Waals surface area (Å²) >= 11 is 1.13. The highest BCUT2D eigenvalue weighted by Gasteiger charge is 2.28. The van der Waals surface area contributed by atoms with Gasteiger partial charge in [0.15, 0.2) is 0 Å². The van der Waals surface area contributed by atoms with E-state index in [0.29, 0.717) is 16.1 Å². The van der Waals surface area contributed by atoms with Crippen molar-refractivity contribution in [1.82, 2.24) is 20.2 Å². The summed E-state index contributed by atoms with van der Waals surface area (Å²) in [5.41, 5.74) is -0.0876. The molecule has 1 aliphatic rings. The van der Waals surface area contributed by atoms with E-state index in [1.807, 2.05) is 0 Å². The molecule has 19 heavy (non-hydrogen) atoms. The van der Waals surface area contributed by atoms with E-state index in [1.54, 1.807) is 4.68 Å². The van der Waals surface area contributed by atoms with Crippen LogP contribution < -0.4 is 0 Å². The third kappa shape index (κ3) is 2.43. The first-order valence-electron chi connectivity index (χ1n) is 5.63. The first-order chi connectivity index (χ1) is 9.15. The van der Waals surface area contributed by atoms with E-state index in [-0.39, 0.29) is 5.56 Å². The molecule has 1 aromatic heterocycles. The summed E-state index contributed by atoms with van der Waals surface area (Å²) in [5, 5.41) is 20.9. The number of aromatic nitrogens is 4. The van der Waals surface area contributed by atoms with E-state index in [1.165, 1.54) is 12.1 Å². The van der Waals surface area contributed by atoms with E-state index >= 15 is 0 Å². The van der Waals surface area contributed by atoms with Crippen molar-refractivity contribution in [3.8, 4) is 0 Å². The number of tetrazole rings is 1. The number of hydrogen-bond donors (Lipinski definition) is 1. The van der Waals surface area contributed by atoms with Gasteiger partial charge in [-0.2, -0.15) is 0 Å². The van der Waals surface area contributed by atoms with Gasteiger partial charge in [-0.3, -0.25) is 0 Å². The third-order valence-corrected chi connectivity index (χ3v) is 3.76. The molecule has 1 heterocycles. The third-order valence-electron chi connectivity index (χ3n) is 2.73. The predicted molar refractivity (Wildman–Crippen MR) is 63.6 cm³/mol. The van der Waals surface area contributed by atoms with Gasteiger partial charge in [0.25, 0.3) is 0 Å². The Kier molecular flexibility index (Phi) is 2.94. The molecule has 0 saturated heterocycles. The molecule has 0 bridgehead atoms. The predicted octanol–water partition coefficient (Wildman–Crippen LogP) is 2.00. The first kappa shape index (κ1) is 12.1. The second-order valence-corrected chi connectivity index (χ2v) is 5.19. The molecule has 1 N–H and O–H groups in total. The van der Waals surface area contributed by atoms with E-state index in [2.05, 4.69) is 15.5 Å². The topological polar surface area (TPSA) is 80.9 Å². The number of hydrogen-bond acceptors (Lipinski definition) is 5. The average molecular weight is 280 g/mol. The standard InChI is InChI=1S/C11H9FN4O2S/c12-6-1-4-9(8(5-6)10(17)18)19-11-13-14-15-16(11)7-2-3-7/h1,4-5,7H,2-3H2,(H,17,18). The van der Waals surface area contributed by atoms with Crippen LogP contribution in [0.25, 0.3) is 0 Å². The van der Waals surface area contributed by atoms with Crippen LogP contribution in [-0.4, -0.2) is 31.3 Å². The molecule has 6 nitrogen and oxygen atoms in total. The molecule has 2 aromatic rings. The molecule has 0 radical (unpaired) electrons. The molecule has 0 spiro atoms. The lowest BCUT2D eigenvalue weighted by atomic mass is 10.2. The summed E-state index contributed by atoms with van der Waals surface area (Å²) in [6, 6.07) is 3.94. The van der Waals surface area contributed by atoms with Crippen molar-refractivity contribution in [2.24, 2.45) is 0 Å². The number of benzene rings is 1. The average Bonchev–Trinajstić information content (AvgIpc) is 3.12. The van der Waals surface area contributed by atoms with Crippen LogP contribution >= 0.6 is 11.8 Å². The number of aromatic carboxylic acids is 1. The highest BCUT2D eigenvalue weighted by atomic mass is 32.2. The Morgan fingerprint density at radius 1 is 1.47 bits per heavy atom. The van der Waals surface area contributed by atoms with Crippen LogP contribution in [0.3, 0.4) is 0 Å². The lowest BCUT2D eigenvalue weighted by Crippen LogP contribution is -2.02. The number of carboxylic acid groups (broad SMARTS) is 1. The van der Waals surface area contributed by atoms with Crippen molar-refractivity contribution in [1.29, 1.82) is 0 Å². The van der Waals surface area contributed by atoms with Gasteiger partial charge in [-0.05, 0) is 53.2 Å². The van der Waals surface area contributed by atoms with Crippen LogP contribution in [0.2, 0.25) is 0 Å². The molecule has 0 unspecified atom stereocenters. The van der Waals surface area contributed by atoms with Gasteiger partial charge in [0, 0.05) is 4.90 Å². The van der Waals surface area contributed by atoms with Gasteiger partial charge < -0.3 is 5.11 Å². The Balaban J connectivity index is 1.94. The molecule has 3 rings (SSSR count). The molecule has 0 atom stereocenters. The summed E-state index contributed by atoms with van der Waals surface area (Å²) in [5.74, 6) is -1.75. The molecule has 1 aromatic carbocycles. The minimum atomic E-state index is -1.17. The molecule has 0 amide bonds. The molecule has 8 heteroatoms. The van der Waals surface area contributed by atoms with Gasteiger partial charge in [0.05, 0.1) is 11.6 Å². The normalized spacial score (nSPS) is 14.6. The second kappa shape index (κ2) is 4.61. The first-order valence-corrected chi connectivity index (χ1v) is 6.45. The Labute approximate surface area is 111 Å². The molecule has 1 fully saturated rings. The van der Waals surface area contributed by atoms with Crippen LogP contribution in [0, 0.1) is 5.82 Å². The second-order valence-electron chi connectivity index (χ2n) is 4.18. The van der Waals surface area contributed by atoms with E-state index < -0.39 is 11.8 Å². The van der Waals surface area contributed by atoms with Crippen LogP contribution in [0.1, 0.15) is 29.2 Å². The van der Waals surface area contributed by atoms with Crippen molar-refractivity contribution in [2.45, 2.75) is 28.9 Å². The maximum atomic E-state index is 13.1. The van der Waals surface area contributed by atoms with Gasteiger partial charge in [-0.25, -0.2) is 13.9 Å². The van der Waals surface area contributed by atoms with Crippen LogP contribution in [0.15, 0.2) is 28.3 Å². The van der Waals surface area contributed by atoms with Crippen molar-refractivity contribution in [3.63, 3.8) is 0 Å². The number of rotatable bonds is 4. The number of carbonyl (C=O) groups is 1. The number of carboxylic acids is 1. The molecular weight excluding hydrogens is 271 g/mol. The van der Waals surface area contributed by atoms with Gasteiger partial charge >= 0.3 is 5.97 Å². The van der Waals surface area contributed by atoms with Crippen LogP contribution in [0.4, 0.5) is 4.39 Å². The zero-order valence-corrected chi connectivity index (χ0v) is 10.5. The Morgan fingerprint density at radius 3 is 2.95 bits per heavy atom. The number of halogens is 1. The van der Waals surface area contributed by atoms with Crippen LogP contribution in [-0.2, 0) is 0 Å². The maximum absolute atomic E-state index is 13.1. The molecule has 1 aliphatic carbocycles. The summed E-state index contributed by atoms with van der Waals surface area (Å²) in [4.78, 5) is 11.5. The van der Waals surface area contributed by atoms with Gasteiger partial charge in [-0.15, -0.1) is 5.10 Å². The molecule has 1 saturated carbocycles. The monoisotopic (exact) mass is 280 g/mol. The van der Waals surface area contributed by atoms with E-state index in [4.69, 9.17) is 5.11 Å². The smallest absolute Gasteiger partial charge is 0.336 e. The molecular formula is C11H9FN4O2S. The zero-order valence-electron chi connectivity index (χ0n) is 9.65. The zero-order chi connectivity index (χ0) is 13.4. The van der Waals surface area contributed by atoms with Crippen molar-refractivity contribution in [3.05, 3.63) is 29.6 Å². The highest BCUT2D eigenvalue weighted by Crippen LogP contribution is 2.38. The minimum absolute atomic E-state index is 0.0876. The van der Waals surface area contributed by atoms with E-state index in [9.17, 15) is 9.18 Å². The summed E-state index contributed by atoms with van der Waals surface area (Å²) in [6.45, 7) is 0. The summed E-state index contributed by atoms with van der Waals surface area (Å²) in [6.07, 6.45) is 2.04. The maximum Gasteiger partial charge on any atom is 0.336 e. The fourth-order valence-corrected chi connectivity index (χ4v) is 2.60. The fraction of sp³-hybridized carbons (Fsp3) is 0.273. The SMILES string of the molecule is O=C(O)c1cc(F)ccc1Sc1nnnn1C1CC1. The van der Waals surface area contributed by atoms with Gasteiger partial charge in [0.1, 0.15) is 5.82 Å². The van der Waals surface area contributed by atoms with Crippen LogP contribution in [0.5, 0.6) is 0 Å².